The Morgan fingerprint density at radius 2 is 1.81 bits per heavy atom. The van der Waals surface area contributed by atoms with Crippen LogP contribution in [0.15, 0.2) is 30.3 Å². The molecule has 0 aliphatic rings. The molecule has 2 nitrogen and oxygen atoms in total. The number of aliphatic hydroxyl groups is 1. The van der Waals surface area contributed by atoms with Crippen molar-refractivity contribution in [2.24, 2.45) is 0 Å². The van der Waals surface area contributed by atoms with Crippen LogP contribution in [0.25, 0.3) is 0 Å². The number of halogens is 1. The van der Waals surface area contributed by atoms with E-state index in [0.717, 1.165) is 38.8 Å². The molecule has 0 amide bonds. The zero-order chi connectivity index (χ0) is 15.6. The van der Waals surface area contributed by atoms with Gasteiger partial charge in [0.15, 0.2) is 0 Å². The number of rotatable bonds is 4. The van der Waals surface area contributed by atoms with Crippen molar-refractivity contribution < 1.29 is 9.84 Å². The van der Waals surface area contributed by atoms with E-state index in [1.165, 1.54) is 0 Å². The van der Waals surface area contributed by atoms with E-state index >= 15 is 0 Å². The van der Waals surface area contributed by atoms with Crippen molar-refractivity contribution in [1.29, 1.82) is 0 Å². The molecule has 21 heavy (non-hydrogen) atoms. The Morgan fingerprint density at radius 1 is 1.10 bits per heavy atom. The summed E-state index contributed by atoms with van der Waals surface area (Å²) in [6.45, 7) is 8.22. The van der Waals surface area contributed by atoms with Gasteiger partial charge in [-0.1, -0.05) is 31.5 Å². The second kappa shape index (κ2) is 6.50. The Labute approximate surface area is 131 Å². The van der Waals surface area contributed by atoms with Gasteiger partial charge in [-0.3, -0.25) is 0 Å². The van der Waals surface area contributed by atoms with Crippen LogP contribution in [0.1, 0.15) is 42.0 Å². The lowest BCUT2D eigenvalue weighted by atomic mass is 10.0. The van der Waals surface area contributed by atoms with E-state index < -0.39 is 0 Å². The molecule has 0 aliphatic heterocycles. The van der Waals surface area contributed by atoms with Crippen molar-refractivity contribution in [3.8, 4) is 11.5 Å². The minimum absolute atomic E-state index is 0.0452. The zero-order valence-electron chi connectivity index (χ0n) is 12.9. The topological polar surface area (TPSA) is 29.5 Å². The lowest BCUT2D eigenvalue weighted by molar-refractivity contribution is 0.281. The van der Waals surface area contributed by atoms with Gasteiger partial charge in [0.1, 0.15) is 11.5 Å². The van der Waals surface area contributed by atoms with E-state index in [1.807, 2.05) is 44.2 Å². The zero-order valence-corrected chi connectivity index (χ0v) is 13.7. The predicted octanol–water partition coefficient (Wildman–Crippen LogP) is 5.36. The molecule has 0 fully saturated rings. The third-order valence-corrected chi connectivity index (χ3v) is 3.96. The summed E-state index contributed by atoms with van der Waals surface area (Å²) in [4.78, 5) is 0. The summed E-state index contributed by atoms with van der Waals surface area (Å²) in [5, 5.41) is 9.99. The molecule has 2 aromatic rings. The first-order valence-corrected chi connectivity index (χ1v) is 7.48. The Kier molecular flexibility index (Phi) is 4.92. The van der Waals surface area contributed by atoms with E-state index in [0.29, 0.717) is 5.92 Å². The highest BCUT2D eigenvalue weighted by Gasteiger charge is 2.11. The van der Waals surface area contributed by atoms with Crippen LogP contribution in [0.5, 0.6) is 11.5 Å². The summed E-state index contributed by atoms with van der Waals surface area (Å²) in [5.74, 6) is 1.93. The molecule has 0 unspecified atom stereocenters. The summed E-state index contributed by atoms with van der Waals surface area (Å²) in [6, 6.07) is 9.66. The predicted molar refractivity (Wildman–Crippen MR) is 87.5 cm³/mol. The normalized spacial score (nSPS) is 11.0. The summed E-state index contributed by atoms with van der Waals surface area (Å²) < 4.78 is 6.00. The van der Waals surface area contributed by atoms with Crippen molar-refractivity contribution in [2.75, 3.05) is 0 Å². The molecule has 1 N–H and O–H groups in total. The fourth-order valence-electron chi connectivity index (χ4n) is 2.26. The Morgan fingerprint density at radius 3 is 2.38 bits per heavy atom. The average molecular weight is 305 g/mol. The SMILES string of the molecule is Cc1cc(Oc2cc(C(C)C)c(Cl)cc2C)ccc1CO. The lowest BCUT2D eigenvalue weighted by Gasteiger charge is -2.15. The van der Waals surface area contributed by atoms with E-state index in [-0.39, 0.29) is 6.61 Å². The summed E-state index contributed by atoms with van der Waals surface area (Å²) in [7, 11) is 0. The quantitative estimate of drug-likeness (QED) is 0.823. The van der Waals surface area contributed by atoms with Gasteiger partial charge in [0.25, 0.3) is 0 Å². The van der Waals surface area contributed by atoms with Gasteiger partial charge >= 0.3 is 0 Å². The van der Waals surface area contributed by atoms with E-state index in [2.05, 4.69) is 13.8 Å². The number of hydrogen-bond donors (Lipinski definition) is 1. The second-order valence-corrected chi connectivity index (χ2v) is 6.05. The molecule has 0 heterocycles. The first-order chi connectivity index (χ1) is 9.92. The molecular weight excluding hydrogens is 284 g/mol. The molecule has 0 radical (unpaired) electrons. The van der Waals surface area contributed by atoms with E-state index in [4.69, 9.17) is 16.3 Å². The highest BCUT2D eigenvalue weighted by atomic mass is 35.5. The average Bonchev–Trinajstić information content (AvgIpc) is 2.41. The van der Waals surface area contributed by atoms with E-state index in [9.17, 15) is 5.11 Å². The van der Waals surface area contributed by atoms with Crippen LogP contribution in [0.4, 0.5) is 0 Å². The number of ether oxygens (including phenoxy) is 1. The van der Waals surface area contributed by atoms with Crippen LogP contribution in [0.2, 0.25) is 5.02 Å². The van der Waals surface area contributed by atoms with Crippen molar-refractivity contribution in [3.05, 3.63) is 57.6 Å². The van der Waals surface area contributed by atoms with Gasteiger partial charge in [-0.15, -0.1) is 0 Å². The third kappa shape index (κ3) is 3.58. The standard InChI is InChI=1S/C18H21ClO2/c1-11(2)16-9-18(13(4)8-17(16)19)21-15-6-5-14(10-20)12(3)7-15/h5-9,11,20H,10H2,1-4H3. The molecule has 0 bridgehead atoms. The lowest BCUT2D eigenvalue weighted by Crippen LogP contribution is -1.95. The van der Waals surface area contributed by atoms with Crippen LogP contribution >= 0.6 is 11.6 Å². The molecule has 2 rings (SSSR count). The van der Waals surface area contributed by atoms with Crippen LogP contribution < -0.4 is 4.74 Å². The van der Waals surface area contributed by atoms with Crippen molar-refractivity contribution in [1.82, 2.24) is 0 Å². The maximum absolute atomic E-state index is 9.22. The number of aryl methyl sites for hydroxylation is 2. The minimum atomic E-state index is 0.0452. The molecular formula is C18H21ClO2. The summed E-state index contributed by atoms with van der Waals surface area (Å²) in [5.41, 5.74) is 4.03. The molecule has 0 saturated heterocycles. The van der Waals surface area contributed by atoms with Crippen molar-refractivity contribution >= 4 is 11.6 Å². The van der Waals surface area contributed by atoms with Crippen molar-refractivity contribution in [2.45, 2.75) is 40.2 Å². The largest absolute Gasteiger partial charge is 0.457 e. The number of hydrogen-bond acceptors (Lipinski definition) is 2. The highest BCUT2D eigenvalue weighted by Crippen LogP contribution is 2.34. The highest BCUT2D eigenvalue weighted by molar-refractivity contribution is 6.31. The molecule has 3 heteroatoms. The van der Waals surface area contributed by atoms with Gasteiger partial charge in [-0.25, -0.2) is 0 Å². The summed E-state index contributed by atoms with van der Waals surface area (Å²) >= 11 is 6.28. The molecule has 0 aromatic heterocycles. The molecule has 2 aromatic carbocycles. The van der Waals surface area contributed by atoms with Crippen LogP contribution in [-0.2, 0) is 6.61 Å². The number of benzene rings is 2. The van der Waals surface area contributed by atoms with Gasteiger partial charge in [0.05, 0.1) is 6.61 Å². The second-order valence-electron chi connectivity index (χ2n) is 5.64. The molecule has 0 aliphatic carbocycles. The van der Waals surface area contributed by atoms with Gasteiger partial charge in [-0.05, 0) is 66.3 Å². The molecule has 112 valence electrons. The molecule has 0 atom stereocenters. The number of aliphatic hydroxyl groups excluding tert-OH is 1. The molecule has 0 saturated carbocycles. The van der Waals surface area contributed by atoms with Gasteiger partial charge in [-0.2, -0.15) is 0 Å². The Balaban J connectivity index is 2.35. The third-order valence-electron chi connectivity index (χ3n) is 3.63. The Bertz CT molecular complexity index is 648. The van der Waals surface area contributed by atoms with E-state index in [1.54, 1.807) is 0 Å². The van der Waals surface area contributed by atoms with Gasteiger partial charge < -0.3 is 9.84 Å². The maximum Gasteiger partial charge on any atom is 0.130 e. The Hall–Kier alpha value is -1.51. The van der Waals surface area contributed by atoms with Gasteiger partial charge in [0, 0.05) is 5.02 Å². The first-order valence-electron chi connectivity index (χ1n) is 7.10. The van der Waals surface area contributed by atoms with Crippen LogP contribution in [-0.4, -0.2) is 5.11 Å². The smallest absolute Gasteiger partial charge is 0.130 e. The van der Waals surface area contributed by atoms with Crippen LogP contribution in [0, 0.1) is 13.8 Å². The minimum Gasteiger partial charge on any atom is -0.457 e. The monoisotopic (exact) mass is 304 g/mol. The summed E-state index contributed by atoms with van der Waals surface area (Å²) in [6.07, 6.45) is 0. The first kappa shape index (κ1) is 15.9. The fourth-order valence-corrected chi connectivity index (χ4v) is 2.69. The van der Waals surface area contributed by atoms with Crippen molar-refractivity contribution in [3.63, 3.8) is 0 Å². The van der Waals surface area contributed by atoms with Crippen LogP contribution in [0.3, 0.4) is 0 Å². The fraction of sp³-hybridized carbons (Fsp3) is 0.333. The maximum atomic E-state index is 9.22. The molecule has 0 spiro atoms. The van der Waals surface area contributed by atoms with Gasteiger partial charge in [0.2, 0.25) is 0 Å².